The lowest BCUT2D eigenvalue weighted by Crippen LogP contribution is -2.30. The molecule has 0 atom stereocenters. The summed E-state index contributed by atoms with van der Waals surface area (Å²) >= 11 is 0. The van der Waals surface area contributed by atoms with Gasteiger partial charge in [0.15, 0.2) is 6.10 Å². The first-order chi connectivity index (χ1) is 31.0. The number of unbranched alkanes of at least 4 members (excludes halogenated alkanes) is 18. The van der Waals surface area contributed by atoms with Gasteiger partial charge in [-0.1, -0.05) is 195 Å². The van der Waals surface area contributed by atoms with Crippen LogP contribution in [0.4, 0.5) is 0 Å². The van der Waals surface area contributed by atoms with Gasteiger partial charge in [-0.3, -0.25) is 14.4 Å². The van der Waals surface area contributed by atoms with Gasteiger partial charge in [0.25, 0.3) is 0 Å². The van der Waals surface area contributed by atoms with Crippen LogP contribution in [0.15, 0.2) is 97.2 Å². The van der Waals surface area contributed by atoms with Crippen LogP contribution < -0.4 is 0 Å². The van der Waals surface area contributed by atoms with Crippen molar-refractivity contribution < 1.29 is 28.6 Å². The van der Waals surface area contributed by atoms with E-state index in [0.29, 0.717) is 19.3 Å². The zero-order chi connectivity index (χ0) is 45.8. The zero-order valence-electron chi connectivity index (χ0n) is 40.8. The summed E-state index contributed by atoms with van der Waals surface area (Å²) in [5.41, 5.74) is 0. The molecule has 6 heteroatoms. The van der Waals surface area contributed by atoms with Crippen molar-refractivity contribution in [3.05, 3.63) is 97.2 Å². The Kier molecular flexibility index (Phi) is 48.0. The molecule has 0 aliphatic heterocycles. The number of hydrogen-bond acceptors (Lipinski definition) is 6. The minimum absolute atomic E-state index is 0.115. The number of carbonyl (C=O) groups excluding carboxylic acids is 3. The van der Waals surface area contributed by atoms with Crippen molar-refractivity contribution in [2.75, 3.05) is 13.2 Å². The lowest BCUT2D eigenvalue weighted by molar-refractivity contribution is -0.166. The van der Waals surface area contributed by atoms with Gasteiger partial charge in [0.05, 0.1) is 0 Å². The maximum Gasteiger partial charge on any atom is 0.306 e. The molecular weight excluding hydrogens is 781 g/mol. The first-order valence-corrected chi connectivity index (χ1v) is 25.7. The highest BCUT2D eigenvalue weighted by molar-refractivity contribution is 5.71. The number of rotatable bonds is 45. The minimum Gasteiger partial charge on any atom is -0.462 e. The molecule has 0 aromatic rings. The fourth-order valence-electron chi connectivity index (χ4n) is 6.69. The Morgan fingerprint density at radius 2 is 0.651 bits per heavy atom. The van der Waals surface area contributed by atoms with Gasteiger partial charge in [0, 0.05) is 19.3 Å². The Labute approximate surface area is 387 Å². The van der Waals surface area contributed by atoms with Crippen molar-refractivity contribution in [3.8, 4) is 0 Å². The van der Waals surface area contributed by atoms with Gasteiger partial charge in [-0.05, 0) is 109 Å². The highest BCUT2D eigenvalue weighted by Gasteiger charge is 2.19. The SMILES string of the molecule is CC/C=C\C/C=C\C/C=C\C/C=C\C/C=C\C/C=C\CCC(=O)OC(COC(=O)CCCCCCC/C=C\CCCCCC)COC(=O)CCCCCCC/C=C\CCCCCC. The summed E-state index contributed by atoms with van der Waals surface area (Å²) in [5.74, 6) is -1.02. The third-order valence-electron chi connectivity index (χ3n) is 10.6. The summed E-state index contributed by atoms with van der Waals surface area (Å²) in [5, 5.41) is 0. The quantitative estimate of drug-likeness (QED) is 0.0262. The third kappa shape index (κ3) is 49.2. The van der Waals surface area contributed by atoms with Gasteiger partial charge in [0.1, 0.15) is 13.2 Å². The molecule has 0 aliphatic rings. The van der Waals surface area contributed by atoms with Crippen LogP contribution in [0.2, 0.25) is 0 Å². The Morgan fingerprint density at radius 1 is 0.333 bits per heavy atom. The summed E-state index contributed by atoms with van der Waals surface area (Å²) in [6, 6.07) is 0. The van der Waals surface area contributed by atoms with Gasteiger partial charge in [0.2, 0.25) is 0 Å². The fraction of sp³-hybridized carbons (Fsp3) is 0.667. The van der Waals surface area contributed by atoms with Crippen LogP contribution in [0.5, 0.6) is 0 Å². The summed E-state index contributed by atoms with van der Waals surface area (Å²) in [6.45, 7) is 6.40. The third-order valence-corrected chi connectivity index (χ3v) is 10.6. The molecule has 358 valence electrons. The molecule has 0 aromatic carbocycles. The number of esters is 3. The molecule has 0 N–H and O–H groups in total. The number of allylic oxidation sites excluding steroid dienone is 16. The molecule has 0 amide bonds. The normalized spacial score (nSPS) is 12.4. The van der Waals surface area contributed by atoms with E-state index in [4.69, 9.17) is 14.2 Å². The summed E-state index contributed by atoms with van der Waals surface area (Å²) < 4.78 is 16.7. The molecule has 0 bridgehead atoms. The lowest BCUT2D eigenvalue weighted by Gasteiger charge is -2.18. The maximum atomic E-state index is 12.8. The largest absolute Gasteiger partial charge is 0.462 e. The van der Waals surface area contributed by atoms with E-state index in [1.54, 1.807) is 0 Å². The number of carbonyl (C=O) groups is 3. The molecule has 0 saturated carbocycles. The molecule has 0 aromatic heterocycles. The fourth-order valence-corrected chi connectivity index (χ4v) is 6.69. The van der Waals surface area contributed by atoms with E-state index in [1.165, 1.54) is 77.0 Å². The van der Waals surface area contributed by atoms with Crippen LogP contribution in [-0.4, -0.2) is 37.2 Å². The first-order valence-electron chi connectivity index (χ1n) is 25.7. The van der Waals surface area contributed by atoms with E-state index in [-0.39, 0.29) is 31.6 Å². The maximum absolute atomic E-state index is 12.8. The minimum atomic E-state index is -0.824. The van der Waals surface area contributed by atoms with Crippen molar-refractivity contribution in [3.63, 3.8) is 0 Å². The second-order valence-corrected chi connectivity index (χ2v) is 16.7. The Bertz CT molecular complexity index is 1230. The number of ether oxygens (including phenoxy) is 3. The summed E-state index contributed by atoms with van der Waals surface area (Å²) in [4.78, 5) is 37.9. The van der Waals surface area contributed by atoms with E-state index in [1.807, 2.05) is 12.2 Å². The van der Waals surface area contributed by atoms with Gasteiger partial charge >= 0.3 is 17.9 Å². The standard InChI is InChI=1S/C57H94O6/c1-4-7-10-13-16-19-22-25-26-27-28-29-30-33-36-39-42-45-48-51-57(60)63-54(52-61-55(58)49-46-43-40-37-34-31-23-20-17-14-11-8-5-2)53-62-56(59)50-47-44-41-38-35-32-24-21-18-15-12-9-6-3/h7,10,16,19-21,23-26,28-29,33,36,42,45,54H,4-6,8-9,11-15,17-18,22,27,30-32,34-35,37-41,43-44,46-53H2,1-3H3/b10-7-,19-16-,23-20-,24-21-,26-25-,29-28-,36-33-,45-42-. The van der Waals surface area contributed by atoms with Gasteiger partial charge in [-0.25, -0.2) is 0 Å². The average molecular weight is 875 g/mol. The topological polar surface area (TPSA) is 78.9 Å². The van der Waals surface area contributed by atoms with Crippen LogP contribution >= 0.6 is 0 Å². The second kappa shape index (κ2) is 51.0. The van der Waals surface area contributed by atoms with E-state index < -0.39 is 12.1 Å². The lowest BCUT2D eigenvalue weighted by atomic mass is 10.1. The zero-order valence-corrected chi connectivity index (χ0v) is 40.8. The molecule has 0 rings (SSSR count). The molecule has 0 heterocycles. The molecule has 0 radical (unpaired) electrons. The highest BCUT2D eigenvalue weighted by atomic mass is 16.6. The Hall–Kier alpha value is -3.67. The second-order valence-electron chi connectivity index (χ2n) is 16.7. The predicted octanol–water partition coefficient (Wildman–Crippen LogP) is 17.0. The van der Waals surface area contributed by atoms with Crippen LogP contribution in [-0.2, 0) is 28.6 Å². The molecule has 0 fully saturated rings. The van der Waals surface area contributed by atoms with Crippen LogP contribution in [0, 0.1) is 0 Å². The van der Waals surface area contributed by atoms with E-state index >= 15 is 0 Å². The summed E-state index contributed by atoms with van der Waals surface area (Å²) in [6.07, 6.45) is 66.8. The van der Waals surface area contributed by atoms with Crippen molar-refractivity contribution in [2.24, 2.45) is 0 Å². The van der Waals surface area contributed by atoms with Gasteiger partial charge in [-0.2, -0.15) is 0 Å². The molecule has 0 spiro atoms. The van der Waals surface area contributed by atoms with Crippen molar-refractivity contribution in [1.82, 2.24) is 0 Å². The smallest absolute Gasteiger partial charge is 0.306 e. The molecule has 0 saturated heterocycles. The summed E-state index contributed by atoms with van der Waals surface area (Å²) in [7, 11) is 0. The van der Waals surface area contributed by atoms with Crippen LogP contribution in [0.3, 0.4) is 0 Å². The van der Waals surface area contributed by atoms with Crippen LogP contribution in [0.25, 0.3) is 0 Å². The predicted molar refractivity (Wildman–Crippen MR) is 270 cm³/mol. The highest BCUT2D eigenvalue weighted by Crippen LogP contribution is 2.12. The molecule has 0 unspecified atom stereocenters. The molecule has 6 nitrogen and oxygen atoms in total. The van der Waals surface area contributed by atoms with Crippen molar-refractivity contribution in [2.45, 2.75) is 232 Å². The Balaban J connectivity index is 4.54. The van der Waals surface area contributed by atoms with Crippen molar-refractivity contribution >= 4 is 17.9 Å². The van der Waals surface area contributed by atoms with E-state index in [9.17, 15) is 14.4 Å². The molecular formula is C57H94O6. The number of hydrogen-bond donors (Lipinski definition) is 0. The van der Waals surface area contributed by atoms with Crippen molar-refractivity contribution in [1.29, 1.82) is 0 Å². The first kappa shape index (κ1) is 59.3. The molecule has 0 aliphatic carbocycles. The van der Waals surface area contributed by atoms with Crippen LogP contribution in [0.1, 0.15) is 226 Å². The molecule has 63 heavy (non-hydrogen) atoms. The van der Waals surface area contributed by atoms with Gasteiger partial charge in [-0.15, -0.1) is 0 Å². The Morgan fingerprint density at radius 3 is 1.03 bits per heavy atom. The van der Waals surface area contributed by atoms with E-state index in [0.717, 1.165) is 103 Å². The average Bonchev–Trinajstić information content (AvgIpc) is 3.28. The van der Waals surface area contributed by atoms with E-state index in [2.05, 4.69) is 106 Å². The monoisotopic (exact) mass is 875 g/mol. The van der Waals surface area contributed by atoms with Gasteiger partial charge < -0.3 is 14.2 Å².